The molecule has 0 aliphatic rings. The standard InChI is InChI=1S/C22H13ClF3N3O2/c23-16-8-4-7-14(11-16)18-20(28-21(31)22(24,25)26)27-17-10-9-15(12-29(17)18)19(30)13-5-2-1-3-6-13/h1-12H,(H,28,31). The Morgan fingerprint density at radius 2 is 1.68 bits per heavy atom. The Balaban J connectivity index is 1.89. The Bertz CT molecular complexity index is 1300. The predicted molar refractivity (Wildman–Crippen MR) is 110 cm³/mol. The van der Waals surface area contributed by atoms with E-state index in [0.717, 1.165) is 0 Å². The highest BCUT2D eigenvalue weighted by Gasteiger charge is 2.39. The van der Waals surface area contributed by atoms with Crippen LogP contribution in [0.2, 0.25) is 5.02 Å². The van der Waals surface area contributed by atoms with E-state index in [1.165, 1.54) is 28.8 Å². The van der Waals surface area contributed by atoms with Crippen molar-refractivity contribution in [1.82, 2.24) is 9.38 Å². The number of aromatic nitrogens is 2. The van der Waals surface area contributed by atoms with Crippen molar-refractivity contribution in [3.8, 4) is 11.3 Å². The normalized spacial score (nSPS) is 11.5. The maximum Gasteiger partial charge on any atom is 0.471 e. The number of hydrogen-bond donors (Lipinski definition) is 1. The minimum atomic E-state index is -5.09. The molecule has 0 atom stereocenters. The molecule has 31 heavy (non-hydrogen) atoms. The maximum absolute atomic E-state index is 12.8. The first-order chi connectivity index (χ1) is 14.7. The monoisotopic (exact) mass is 443 g/mol. The van der Waals surface area contributed by atoms with E-state index >= 15 is 0 Å². The van der Waals surface area contributed by atoms with E-state index in [0.29, 0.717) is 21.7 Å². The van der Waals surface area contributed by atoms with E-state index in [1.807, 2.05) is 5.32 Å². The molecule has 4 rings (SSSR count). The molecule has 0 aliphatic carbocycles. The molecule has 2 heterocycles. The highest BCUT2D eigenvalue weighted by atomic mass is 35.5. The van der Waals surface area contributed by atoms with Crippen molar-refractivity contribution < 1.29 is 22.8 Å². The van der Waals surface area contributed by atoms with Gasteiger partial charge < -0.3 is 5.32 Å². The third-order valence-electron chi connectivity index (χ3n) is 4.50. The van der Waals surface area contributed by atoms with Crippen LogP contribution in [-0.2, 0) is 4.79 Å². The summed E-state index contributed by atoms with van der Waals surface area (Å²) in [6, 6.07) is 17.9. The van der Waals surface area contributed by atoms with E-state index in [2.05, 4.69) is 4.98 Å². The third kappa shape index (κ3) is 4.15. The Labute approximate surface area is 179 Å². The molecular formula is C22H13ClF3N3O2. The second-order valence-corrected chi connectivity index (χ2v) is 7.05. The lowest BCUT2D eigenvalue weighted by Gasteiger charge is -2.09. The number of ketones is 1. The first-order valence-electron chi connectivity index (χ1n) is 9.00. The molecule has 0 aliphatic heterocycles. The molecule has 0 fully saturated rings. The number of nitrogens with zero attached hydrogens (tertiary/aromatic N) is 2. The lowest BCUT2D eigenvalue weighted by molar-refractivity contribution is -0.167. The van der Waals surface area contributed by atoms with Gasteiger partial charge in [0.15, 0.2) is 11.6 Å². The number of alkyl halides is 3. The van der Waals surface area contributed by atoms with Crippen LogP contribution in [0.3, 0.4) is 0 Å². The SMILES string of the molecule is O=C(c1ccccc1)c1ccc2nc(NC(=O)C(F)(F)F)c(-c3cccc(Cl)c3)n2c1. The molecule has 156 valence electrons. The molecule has 1 amide bonds. The van der Waals surface area contributed by atoms with Crippen molar-refractivity contribution in [2.24, 2.45) is 0 Å². The molecule has 0 spiro atoms. The minimum Gasteiger partial charge on any atom is -0.301 e. The summed E-state index contributed by atoms with van der Waals surface area (Å²) in [5, 5.41) is 2.16. The van der Waals surface area contributed by atoms with Gasteiger partial charge in [-0.1, -0.05) is 54.1 Å². The molecule has 2 aromatic carbocycles. The summed E-state index contributed by atoms with van der Waals surface area (Å²) in [4.78, 5) is 28.5. The van der Waals surface area contributed by atoms with Gasteiger partial charge in [-0.05, 0) is 24.3 Å². The molecule has 5 nitrogen and oxygen atoms in total. The van der Waals surface area contributed by atoms with Gasteiger partial charge >= 0.3 is 12.1 Å². The summed E-state index contributed by atoms with van der Waals surface area (Å²) < 4.78 is 40.0. The Morgan fingerprint density at radius 1 is 0.935 bits per heavy atom. The molecule has 2 aromatic heterocycles. The summed E-state index contributed by atoms with van der Waals surface area (Å²) in [5.74, 6) is -2.72. The Morgan fingerprint density at radius 3 is 2.35 bits per heavy atom. The van der Waals surface area contributed by atoms with E-state index < -0.39 is 12.1 Å². The molecule has 0 radical (unpaired) electrons. The van der Waals surface area contributed by atoms with Crippen LogP contribution >= 0.6 is 11.6 Å². The number of imidazole rings is 1. The van der Waals surface area contributed by atoms with Crippen LogP contribution in [0.5, 0.6) is 0 Å². The average molecular weight is 444 g/mol. The predicted octanol–water partition coefficient (Wildman–Crippen LogP) is 5.39. The largest absolute Gasteiger partial charge is 0.471 e. The molecular weight excluding hydrogens is 431 g/mol. The van der Waals surface area contributed by atoms with Crippen LogP contribution in [0.25, 0.3) is 16.9 Å². The molecule has 0 bridgehead atoms. The van der Waals surface area contributed by atoms with Crippen LogP contribution in [0.15, 0.2) is 72.9 Å². The van der Waals surface area contributed by atoms with Gasteiger partial charge in [0.2, 0.25) is 0 Å². The topological polar surface area (TPSA) is 63.5 Å². The van der Waals surface area contributed by atoms with Gasteiger partial charge in [-0.15, -0.1) is 0 Å². The summed E-state index contributed by atoms with van der Waals surface area (Å²) in [5.41, 5.74) is 1.58. The summed E-state index contributed by atoms with van der Waals surface area (Å²) in [6.07, 6.45) is -3.62. The van der Waals surface area contributed by atoms with Gasteiger partial charge in [0.05, 0.1) is 5.69 Å². The fourth-order valence-corrected chi connectivity index (χ4v) is 3.30. The van der Waals surface area contributed by atoms with E-state index in [9.17, 15) is 22.8 Å². The lowest BCUT2D eigenvalue weighted by atomic mass is 10.1. The highest BCUT2D eigenvalue weighted by Crippen LogP contribution is 2.32. The van der Waals surface area contributed by atoms with E-state index in [1.54, 1.807) is 48.5 Å². The Hall–Kier alpha value is -3.65. The van der Waals surface area contributed by atoms with Crippen molar-refractivity contribution in [3.05, 3.63) is 89.1 Å². The number of carbonyl (C=O) groups excluding carboxylic acids is 2. The summed E-state index contributed by atoms with van der Waals surface area (Å²) in [7, 11) is 0. The molecule has 0 unspecified atom stereocenters. The molecule has 0 saturated carbocycles. The molecule has 1 N–H and O–H groups in total. The zero-order valence-electron chi connectivity index (χ0n) is 15.7. The van der Waals surface area contributed by atoms with Crippen molar-refractivity contribution in [2.75, 3.05) is 5.32 Å². The van der Waals surface area contributed by atoms with Crippen LogP contribution in [0.1, 0.15) is 15.9 Å². The first-order valence-corrected chi connectivity index (χ1v) is 9.38. The molecule has 4 aromatic rings. The number of pyridine rings is 1. The molecule has 9 heteroatoms. The second-order valence-electron chi connectivity index (χ2n) is 6.61. The third-order valence-corrected chi connectivity index (χ3v) is 4.74. The number of fused-ring (bicyclic) bond motifs is 1. The quantitative estimate of drug-likeness (QED) is 0.430. The number of amides is 1. The Kier molecular flexibility index (Phi) is 5.24. The highest BCUT2D eigenvalue weighted by molar-refractivity contribution is 6.30. The fourth-order valence-electron chi connectivity index (χ4n) is 3.11. The number of hydrogen-bond acceptors (Lipinski definition) is 3. The zero-order chi connectivity index (χ0) is 22.2. The number of rotatable bonds is 4. The van der Waals surface area contributed by atoms with Gasteiger partial charge in [0.25, 0.3) is 0 Å². The van der Waals surface area contributed by atoms with Crippen LogP contribution < -0.4 is 5.32 Å². The number of benzene rings is 2. The van der Waals surface area contributed by atoms with E-state index in [4.69, 9.17) is 11.6 Å². The number of nitrogens with one attached hydrogen (secondary N) is 1. The maximum atomic E-state index is 12.8. The van der Waals surface area contributed by atoms with Crippen molar-refractivity contribution >= 4 is 34.8 Å². The van der Waals surface area contributed by atoms with Crippen molar-refractivity contribution in [3.63, 3.8) is 0 Å². The van der Waals surface area contributed by atoms with E-state index in [-0.39, 0.29) is 22.9 Å². The zero-order valence-corrected chi connectivity index (χ0v) is 16.4. The minimum absolute atomic E-state index is 0.165. The summed E-state index contributed by atoms with van der Waals surface area (Å²) in [6.45, 7) is 0. The summed E-state index contributed by atoms with van der Waals surface area (Å²) >= 11 is 6.05. The number of halogens is 4. The van der Waals surface area contributed by atoms with Crippen molar-refractivity contribution in [2.45, 2.75) is 6.18 Å². The van der Waals surface area contributed by atoms with Gasteiger partial charge in [-0.25, -0.2) is 4.98 Å². The van der Waals surface area contributed by atoms with Crippen LogP contribution in [0.4, 0.5) is 19.0 Å². The second kappa shape index (κ2) is 7.88. The average Bonchev–Trinajstić information content (AvgIpc) is 3.10. The van der Waals surface area contributed by atoms with Crippen LogP contribution in [-0.4, -0.2) is 27.3 Å². The van der Waals surface area contributed by atoms with Gasteiger partial charge in [0.1, 0.15) is 5.65 Å². The smallest absolute Gasteiger partial charge is 0.301 e. The lowest BCUT2D eigenvalue weighted by Crippen LogP contribution is -2.30. The van der Waals surface area contributed by atoms with Crippen LogP contribution in [0, 0.1) is 0 Å². The van der Waals surface area contributed by atoms with Gasteiger partial charge in [-0.3, -0.25) is 14.0 Å². The van der Waals surface area contributed by atoms with Gasteiger partial charge in [-0.2, -0.15) is 13.2 Å². The van der Waals surface area contributed by atoms with Crippen molar-refractivity contribution in [1.29, 1.82) is 0 Å². The first kappa shape index (κ1) is 20.6. The molecule has 0 saturated heterocycles. The number of anilines is 1. The fraction of sp³-hybridized carbons (Fsp3) is 0.0455. The number of carbonyl (C=O) groups is 2. The van der Waals surface area contributed by atoms with Gasteiger partial charge in [0, 0.05) is 27.9 Å².